The minimum atomic E-state index is -0.407. The van der Waals surface area contributed by atoms with Gasteiger partial charge in [-0.2, -0.15) is 0 Å². The number of alkyl carbamates (subject to hydrolysis) is 1. The van der Waals surface area contributed by atoms with Crippen LogP contribution in [-0.4, -0.2) is 16.7 Å². The van der Waals surface area contributed by atoms with Crippen molar-refractivity contribution in [1.29, 1.82) is 0 Å². The fourth-order valence-corrected chi connectivity index (χ4v) is 4.72. The highest BCUT2D eigenvalue weighted by atomic mass is 19.1. The number of nitrogens with two attached hydrogens (primary N) is 1. The summed E-state index contributed by atoms with van der Waals surface area (Å²) in [4.78, 5) is 12.4. The number of nitrogens with zero attached hydrogens (tertiary/aromatic N) is 1. The van der Waals surface area contributed by atoms with Gasteiger partial charge in [0.05, 0.1) is 0 Å². The molecule has 33 heavy (non-hydrogen) atoms. The Morgan fingerprint density at radius 1 is 1.06 bits per heavy atom. The molecule has 5 nitrogen and oxygen atoms in total. The summed E-state index contributed by atoms with van der Waals surface area (Å²) >= 11 is 0. The third-order valence-electron chi connectivity index (χ3n) is 6.26. The van der Waals surface area contributed by atoms with Crippen molar-refractivity contribution in [3.63, 3.8) is 0 Å². The molecule has 1 aliphatic carbocycles. The number of rotatable bonds is 5. The van der Waals surface area contributed by atoms with E-state index in [1.54, 1.807) is 12.1 Å². The predicted molar refractivity (Wildman–Crippen MR) is 127 cm³/mol. The van der Waals surface area contributed by atoms with E-state index in [-0.39, 0.29) is 18.5 Å². The zero-order chi connectivity index (χ0) is 22.8. The number of halogens is 1. The molecule has 0 saturated carbocycles. The number of carbonyl (C=O) groups is 1. The molecule has 1 atom stereocenters. The normalized spacial score (nSPS) is 15.2. The van der Waals surface area contributed by atoms with E-state index in [1.165, 1.54) is 17.3 Å². The summed E-state index contributed by atoms with van der Waals surface area (Å²) in [5, 5.41) is 4.11. The van der Waals surface area contributed by atoms with Crippen molar-refractivity contribution < 1.29 is 13.9 Å². The van der Waals surface area contributed by atoms with Gasteiger partial charge in [-0.15, -0.1) is 0 Å². The second-order valence-corrected chi connectivity index (χ2v) is 8.56. The Labute approximate surface area is 192 Å². The van der Waals surface area contributed by atoms with Crippen molar-refractivity contribution in [3.05, 3.63) is 101 Å². The molecular weight excluding hydrogens is 417 g/mol. The highest BCUT2D eigenvalue weighted by Crippen LogP contribution is 2.34. The topological polar surface area (TPSA) is 69.3 Å². The molecule has 5 rings (SSSR count). The van der Waals surface area contributed by atoms with Gasteiger partial charge in [-0.05, 0) is 66.3 Å². The van der Waals surface area contributed by atoms with Crippen LogP contribution < -0.4 is 11.1 Å². The van der Waals surface area contributed by atoms with Gasteiger partial charge in [0, 0.05) is 34.9 Å². The number of amides is 1. The molecule has 0 fully saturated rings. The maximum atomic E-state index is 13.8. The Kier molecular flexibility index (Phi) is 5.73. The summed E-state index contributed by atoms with van der Waals surface area (Å²) in [7, 11) is 0. The molecule has 3 N–H and O–H groups in total. The number of anilines is 1. The van der Waals surface area contributed by atoms with E-state index in [0.29, 0.717) is 18.7 Å². The van der Waals surface area contributed by atoms with Crippen molar-refractivity contribution in [2.75, 3.05) is 5.73 Å². The van der Waals surface area contributed by atoms with Crippen LogP contribution in [0.4, 0.5) is 14.9 Å². The van der Waals surface area contributed by atoms with Crippen molar-refractivity contribution in [3.8, 4) is 0 Å². The molecule has 0 aliphatic heterocycles. The molecule has 0 saturated heterocycles. The summed E-state index contributed by atoms with van der Waals surface area (Å²) in [6.07, 6.45) is 1.91. The molecule has 168 valence electrons. The SMILES string of the molecule is Nc1ccc2c(c1)c1c(n2Cc2cccc(F)c2)CCC(NC(=O)OCc2ccccc2)C1. The lowest BCUT2D eigenvalue weighted by Crippen LogP contribution is -2.39. The lowest BCUT2D eigenvalue weighted by atomic mass is 9.91. The third-order valence-corrected chi connectivity index (χ3v) is 6.26. The minimum absolute atomic E-state index is 0.0181. The van der Waals surface area contributed by atoms with Gasteiger partial charge in [-0.25, -0.2) is 9.18 Å². The molecule has 0 spiro atoms. The van der Waals surface area contributed by atoms with Crippen LogP contribution in [0.3, 0.4) is 0 Å². The third kappa shape index (κ3) is 4.55. The Balaban J connectivity index is 1.36. The number of benzene rings is 3. The Bertz CT molecular complexity index is 1300. The lowest BCUT2D eigenvalue weighted by molar-refractivity contribution is 0.134. The van der Waals surface area contributed by atoms with E-state index in [2.05, 4.69) is 9.88 Å². The second kappa shape index (κ2) is 8.98. The molecule has 4 aromatic rings. The molecule has 0 radical (unpaired) electrons. The molecule has 0 bridgehead atoms. The van der Waals surface area contributed by atoms with E-state index >= 15 is 0 Å². The lowest BCUT2D eigenvalue weighted by Gasteiger charge is -2.25. The van der Waals surface area contributed by atoms with Gasteiger partial charge in [0.15, 0.2) is 0 Å². The maximum absolute atomic E-state index is 13.8. The number of hydrogen-bond donors (Lipinski definition) is 2. The first kappa shape index (κ1) is 21.1. The molecule has 3 aromatic carbocycles. The van der Waals surface area contributed by atoms with Crippen LogP contribution in [-0.2, 0) is 30.7 Å². The first-order valence-electron chi connectivity index (χ1n) is 11.2. The van der Waals surface area contributed by atoms with Gasteiger partial charge in [0.25, 0.3) is 0 Å². The average molecular weight is 444 g/mol. The summed E-state index contributed by atoms with van der Waals surface area (Å²) in [6.45, 7) is 0.832. The van der Waals surface area contributed by atoms with Gasteiger partial charge in [0.2, 0.25) is 0 Å². The van der Waals surface area contributed by atoms with E-state index in [9.17, 15) is 9.18 Å². The molecule has 1 aliphatic rings. The van der Waals surface area contributed by atoms with Crippen molar-refractivity contribution >= 4 is 22.7 Å². The van der Waals surface area contributed by atoms with Crippen LogP contribution >= 0.6 is 0 Å². The van der Waals surface area contributed by atoms with Gasteiger partial charge in [0.1, 0.15) is 12.4 Å². The van der Waals surface area contributed by atoms with Crippen LogP contribution in [0.15, 0.2) is 72.8 Å². The fraction of sp³-hybridized carbons (Fsp3) is 0.222. The highest BCUT2D eigenvalue weighted by molar-refractivity contribution is 5.88. The monoisotopic (exact) mass is 443 g/mol. The summed E-state index contributed by atoms with van der Waals surface area (Å²) < 4.78 is 21.4. The average Bonchev–Trinajstić information content (AvgIpc) is 3.10. The van der Waals surface area contributed by atoms with E-state index in [4.69, 9.17) is 10.5 Å². The van der Waals surface area contributed by atoms with Crippen molar-refractivity contribution in [2.24, 2.45) is 0 Å². The van der Waals surface area contributed by atoms with Crippen LogP contribution in [0.2, 0.25) is 0 Å². The predicted octanol–water partition coefficient (Wildman–Crippen LogP) is 5.19. The van der Waals surface area contributed by atoms with Crippen molar-refractivity contribution in [2.45, 2.75) is 38.5 Å². The Morgan fingerprint density at radius 3 is 2.70 bits per heavy atom. The highest BCUT2D eigenvalue weighted by Gasteiger charge is 2.27. The standard InChI is InChI=1S/C27H26FN3O2/c28-20-8-4-7-19(13-20)16-31-25-11-9-21(29)14-23(25)24-15-22(10-12-26(24)31)30-27(32)33-17-18-5-2-1-3-6-18/h1-9,11,13-14,22H,10,12,15-17,29H2,(H,30,32). The zero-order valence-electron chi connectivity index (χ0n) is 18.3. The van der Waals surface area contributed by atoms with Gasteiger partial charge >= 0.3 is 6.09 Å². The number of fused-ring (bicyclic) bond motifs is 3. The van der Waals surface area contributed by atoms with E-state index in [0.717, 1.165) is 34.9 Å². The minimum Gasteiger partial charge on any atom is -0.445 e. The van der Waals surface area contributed by atoms with Crippen LogP contribution in [0, 0.1) is 5.82 Å². The summed E-state index contributed by atoms with van der Waals surface area (Å²) in [5.74, 6) is -0.236. The molecule has 1 heterocycles. The van der Waals surface area contributed by atoms with Gasteiger partial charge in [-0.3, -0.25) is 0 Å². The molecule has 1 unspecified atom stereocenters. The first-order valence-corrected chi connectivity index (χ1v) is 11.2. The first-order chi connectivity index (χ1) is 16.1. The number of nitrogen functional groups attached to an aromatic ring is 1. The second-order valence-electron chi connectivity index (χ2n) is 8.56. The molecular formula is C27H26FN3O2. The van der Waals surface area contributed by atoms with Crippen LogP contribution in [0.1, 0.15) is 28.8 Å². The Morgan fingerprint density at radius 2 is 1.88 bits per heavy atom. The van der Waals surface area contributed by atoms with E-state index < -0.39 is 6.09 Å². The van der Waals surface area contributed by atoms with Crippen LogP contribution in [0.5, 0.6) is 0 Å². The number of nitrogens with one attached hydrogen (secondary N) is 1. The number of aromatic nitrogens is 1. The molecule has 6 heteroatoms. The zero-order valence-corrected chi connectivity index (χ0v) is 18.3. The van der Waals surface area contributed by atoms with Crippen molar-refractivity contribution in [1.82, 2.24) is 9.88 Å². The summed E-state index contributed by atoms with van der Waals surface area (Å²) in [6, 6.07) is 22.2. The van der Waals surface area contributed by atoms with Gasteiger partial charge in [-0.1, -0.05) is 42.5 Å². The molecule has 1 aromatic heterocycles. The fourth-order valence-electron chi connectivity index (χ4n) is 4.72. The smallest absolute Gasteiger partial charge is 0.407 e. The number of hydrogen-bond acceptors (Lipinski definition) is 3. The maximum Gasteiger partial charge on any atom is 0.407 e. The Hall–Kier alpha value is -3.80. The van der Waals surface area contributed by atoms with Gasteiger partial charge < -0.3 is 20.4 Å². The molecule has 1 amide bonds. The van der Waals surface area contributed by atoms with Crippen LogP contribution in [0.25, 0.3) is 10.9 Å². The number of carbonyl (C=O) groups excluding carboxylic acids is 1. The largest absolute Gasteiger partial charge is 0.445 e. The summed E-state index contributed by atoms with van der Waals surface area (Å²) in [5.41, 5.74) is 12.1. The van der Waals surface area contributed by atoms with E-state index in [1.807, 2.05) is 54.6 Å². The number of ether oxygens (including phenoxy) is 1. The quantitative estimate of drug-likeness (QED) is 0.417.